The van der Waals surface area contributed by atoms with Crippen molar-refractivity contribution in [2.75, 3.05) is 5.75 Å². The van der Waals surface area contributed by atoms with Crippen LogP contribution in [-0.2, 0) is 29.2 Å². The van der Waals surface area contributed by atoms with Crippen LogP contribution in [0.15, 0.2) is 41.6 Å². The van der Waals surface area contributed by atoms with Crippen LogP contribution in [0.3, 0.4) is 0 Å². The molecule has 13 heteroatoms. The van der Waals surface area contributed by atoms with Gasteiger partial charge in [0.05, 0.1) is 16.9 Å². The van der Waals surface area contributed by atoms with Gasteiger partial charge in [-0.1, -0.05) is 19.1 Å². The molecule has 0 unspecified atom stereocenters. The first kappa shape index (κ1) is 23.0. The van der Waals surface area contributed by atoms with Crippen LogP contribution in [0.4, 0.5) is 26.3 Å². The lowest BCUT2D eigenvalue weighted by atomic mass is 10.1. The van der Waals surface area contributed by atoms with E-state index in [1.807, 2.05) is 0 Å². The molecule has 0 saturated heterocycles. The summed E-state index contributed by atoms with van der Waals surface area (Å²) in [6, 6.07) is 3.86. The zero-order valence-electron chi connectivity index (χ0n) is 17.0. The number of rotatable bonds is 3. The van der Waals surface area contributed by atoms with E-state index in [9.17, 15) is 34.8 Å². The third kappa shape index (κ3) is 3.79. The van der Waals surface area contributed by atoms with Crippen molar-refractivity contribution in [1.29, 1.82) is 0 Å². The van der Waals surface area contributed by atoms with Crippen LogP contribution in [0.5, 0.6) is 0 Å². The van der Waals surface area contributed by atoms with Crippen molar-refractivity contribution in [2.24, 2.45) is 7.05 Å². The zero-order chi connectivity index (χ0) is 24.3. The normalized spacial score (nSPS) is 13.2. The van der Waals surface area contributed by atoms with Crippen LogP contribution in [0.1, 0.15) is 18.1 Å². The van der Waals surface area contributed by atoms with E-state index in [4.69, 9.17) is 0 Å². The van der Waals surface area contributed by atoms with Crippen molar-refractivity contribution < 1.29 is 34.8 Å². The fourth-order valence-electron chi connectivity index (χ4n) is 3.53. The van der Waals surface area contributed by atoms with E-state index in [2.05, 4.69) is 15.0 Å². The highest BCUT2D eigenvalue weighted by Gasteiger charge is 2.35. The van der Waals surface area contributed by atoms with E-state index in [-0.39, 0.29) is 28.1 Å². The summed E-state index contributed by atoms with van der Waals surface area (Å²) in [6.07, 6.45) is -7.94. The summed E-state index contributed by atoms with van der Waals surface area (Å²) in [6.45, 7) is 1.32. The Bertz CT molecular complexity index is 1510. The highest BCUT2D eigenvalue weighted by atomic mass is 32.2. The first-order valence-electron chi connectivity index (χ1n) is 9.37. The van der Waals surface area contributed by atoms with Gasteiger partial charge in [0.15, 0.2) is 21.3 Å². The molecule has 0 spiro atoms. The van der Waals surface area contributed by atoms with E-state index >= 15 is 0 Å². The summed E-state index contributed by atoms with van der Waals surface area (Å²) in [5.74, 6) is -0.597. The number of imidazole rings is 1. The van der Waals surface area contributed by atoms with E-state index in [0.717, 1.165) is 24.4 Å². The Balaban J connectivity index is 2.09. The minimum atomic E-state index is -4.76. The van der Waals surface area contributed by atoms with Crippen LogP contribution < -0.4 is 0 Å². The minimum absolute atomic E-state index is 0.0174. The molecule has 0 fully saturated rings. The molecular weight excluding hydrogens is 474 g/mol. The maximum absolute atomic E-state index is 13.5. The van der Waals surface area contributed by atoms with E-state index in [0.29, 0.717) is 6.20 Å². The Labute approximate surface area is 182 Å². The van der Waals surface area contributed by atoms with E-state index < -0.39 is 49.4 Å². The molecule has 3 aromatic heterocycles. The number of sulfone groups is 1. The highest BCUT2D eigenvalue weighted by molar-refractivity contribution is 7.91. The van der Waals surface area contributed by atoms with Gasteiger partial charge < -0.3 is 4.57 Å². The lowest BCUT2D eigenvalue weighted by molar-refractivity contribution is -0.138. The molecule has 0 saturated carbocycles. The minimum Gasteiger partial charge on any atom is -0.310 e. The second-order valence-electron chi connectivity index (χ2n) is 7.16. The molecule has 4 rings (SSSR count). The lowest BCUT2D eigenvalue weighted by Crippen LogP contribution is -2.12. The van der Waals surface area contributed by atoms with Gasteiger partial charge in [-0.3, -0.25) is 4.98 Å². The summed E-state index contributed by atoms with van der Waals surface area (Å²) in [5.41, 5.74) is -2.55. The van der Waals surface area contributed by atoms with Gasteiger partial charge in [-0.15, -0.1) is 0 Å². The van der Waals surface area contributed by atoms with Crippen LogP contribution in [0, 0.1) is 0 Å². The van der Waals surface area contributed by atoms with Gasteiger partial charge in [0.1, 0.15) is 16.1 Å². The predicted octanol–water partition coefficient (Wildman–Crippen LogP) is 5.01. The molecule has 3 heterocycles. The average Bonchev–Trinajstić information content (AvgIpc) is 3.07. The van der Waals surface area contributed by atoms with Gasteiger partial charge in [-0.2, -0.15) is 26.3 Å². The number of aryl methyl sites for hydroxylation is 1. The van der Waals surface area contributed by atoms with Crippen molar-refractivity contribution in [1.82, 2.24) is 19.5 Å². The largest absolute Gasteiger partial charge is 0.417 e. The SMILES string of the molecule is CCS(=O)(=O)c1c(-c2nc3cc(C(F)(F)F)cnc3n2C)ncc2c(C(F)(F)F)cccc12. The molecule has 0 bridgehead atoms. The number of halogens is 6. The van der Waals surface area contributed by atoms with Crippen LogP contribution in [0.2, 0.25) is 0 Å². The van der Waals surface area contributed by atoms with Gasteiger partial charge in [0.25, 0.3) is 0 Å². The van der Waals surface area contributed by atoms with Gasteiger partial charge in [0, 0.05) is 30.2 Å². The van der Waals surface area contributed by atoms with E-state index in [1.165, 1.54) is 24.6 Å². The molecule has 174 valence electrons. The molecule has 0 aliphatic carbocycles. The quantitative estimate of drug-likeness (QED) is 0.379. The average molecular weight is 488 g/mol. The van der Waals surface area contributed by atoms with Gasteiger partial charge in [-0.05, 0) is 12.1 Å². The van der Waals surface area contributed by atoms with Gasteiger partial charge in [0.2, 0.25) is 0 Å². The summed E-state index contributed by atoms with van der Waals surface area (Å²) < 4.78 is 107. The number of alkyl halides is 6. The lowest BCUT2D eigenvalue weighted by Gasteiger charge is -2.15. The van der Waals surface area contributed by atoms with Crippen molar-refractivity contribution in [3.63, 3.8) is 0 Å². The molecule has 0 radical (unpaired) electrons. The molecule has 4 aromatic rings. The number of hydrogen-bond donors (Lipinski definition) is 0. The molecule has 0 aliphatic heterocycles. The standard InChI is InChI=1S/C20H14F6N4O2S/c1-3-33(31,32)16-11-5-4-6-13(20(24,25)26)12(11)9-27-15(16)18-29-14-7-10(19(21,22)23)8-28-17(14)30(18)2/h4-9H,3H2,1-2H3. The third-order valence-electron chi connectivity index (χ3n) is 5.13. The van der Waals surface area contributed by atoms with Crippen LogP contribution in [0.25, 0.3) is 33.5 Å². The summed E-state index contributed by atoms with van der Waals surface area (Å²) in [7, 11) is -2.74. The van der Waals surface area contributed by atoms with Gasteiger partial charge in [-0.25, -0.2) is 18.4 Å². The third-order valence-corrected chi connectivity index (χ3v) is 6.93. The van der Waals surface area contributed by atoms with E-state index in [1.54, 1.807) is 0 Å². The molecule has 0 amide bonds. The first-order valence-corrected chi connectivity index (χ1v) is 11.0. The molecule has 0 aliphatic rings. The molecule has 6 nitrogen and oxygen atoms in total. The monoisotopic (exact) mass is 488 g/mol. The second kappa shape index (κ2) is 7.40. The fourth-order valence-corrected chi connectivity index (χ4v) is 4.77. The topological polar surface area (TPSA) is 77.7 Å². The summed E-state index contributed by atoms with van der Waals surface area (Å²) >= 11 is 0. The Hall–Kier alpha value is -3.22. The maximum atomic E-state index is 13.5. The van der Waals surface area contributed by atoms with Crippen molar-refractivity contribution in [3.8, 4) is 11.5 Å². The summed E-state index contributed by atoms with van der Waals surface area (Å²) in [4.78, 5) is 11.4. The van der Waals surface area contributed by atoms with Gasteiger partial charge >= 0.3 is 12.4 Å². The van der Waals surface area contributed by atoms with Crippen molar-refractivity contribution in [3.05, 3.63) is 47.8 Å². The van der Waals surface area contributed by atoms with Crippen LogP contribution in [-0.4, -0.2) is 33.7 Å². The van der Waals surface area contributed by atoms with Crippen molar-refractivity contribution >= 4 is 31.8 Å². The first-order chi connectivity index (χ1) is 15.3. The molecular formula is C20H14F6N4O2S. The fraction of sp³-hybridized carbons (Fsp3) is 0.250. The maximum Gasteiger partial charge on any atom is 0.417 e. The molecule has 0 atom stereocenters. The number of pyridine rings is 2. The van der Waals surface area contributed by atoms with Crippen molar-refractivity contribution in [2.45, 2.75) is 24.2 Å². The number of hydrogen-bond acceptors (Lipinski definition) is 5. The number of fused-ring (bicyclic) bond motifs is 2. The Morgan fingerprint density at radius 2 is 1.67 bits per heavy atom. The Morgan fingerprint density at radius 1 is 0.970 bits per heavy atom. The number of nitrogens with zero attached hydrogens (tertiary/aromatic N) is 4. The Morgan fingerprint density at radius 3 is 2.27 bits per heavy atom. The smallest absolute Gasteiger partial charge is 0.310 e. The number of benzene rings is 1. The number of aromatic nitrogens is 4. The molecule has 0 N–H and O–H groups in total. The highest BCUT2D eigenvalue weighted by Crippen LogP contribution is 2.39. The van der Waals surface area contributed by atoms with Crippen LogP contribution >= 0.6 is 0 Å². The second-order valence-corrected chi connectivity index (χ2v) is 9.38. The predicted molar refractivity (Wildman–Crippen MR) is 107 cm³/mol. The Kier molecular flexibility index (Phi) is 5.15. The summed E-state index contributed by atoms with van der Waals surface area (Å²) in [5, 5.41) is -0.635. The molecule has 1 aromatic carbocycles. The zero-order valence-corrected chi connectivity index (χ0v) is 17.8. The molecule has 33 heavy (non-hydrogen) atoms.